The van der Waals surface area contributed by atoms with E-state index in [9.17, 15) is 9.59 Å². The lowest BCUT2D eigenvalue weighted by Gasteiger charge is -2.09. The van der Waals surface area contributed by atoms with Crippen molar-refractivity contribution >= 4 is 12.4 Å². The first kappa shape index (κ1) is 12.0. The molecule has 0 unspecified atom stereocenters. The molecule has 1 aromatic carbocycles. The number of primary amides is 1. The van der Waals surface area contributed by atoms with E-state index in [1.807, 2.05) is 0 Å². The molecule has 0 spiro atoms. The van der Waals surface area contributed by atoms with Gasteiger partial charge in [-0.05, 0) is 24.1 Å². The number of amides is 1. The lowest BCUT2D eigenvalue weighted by atomic mass is 10.1. The fraction of sp³-hybridized carbons (Fsp3) is 0.273. The number of hydrogen-bond acceptors (Lipinski definition) is 4. The molecule has 0 saturated heterocycles. The van der Waals surface area contributed by atoms with Gasteiger partial charge in [0.05, 0.1) is 7.11 Å². The number of nitrogens with two attached hydrogens (primary N) is 1. The largest absolute Gasteiger partial charge is 0.493 e. The number of methoxy groups -OCH3 is 1. The van der Waals surface area contributed by atoms with Crippen LogP contribution in [-0.4, -0.2) is 19.5 Å². The first-order valence-corrected chi connectivity index (χ1v) is 4.75. The van der Waals surface area contributed by atoms with Gasteiger partial charge >= 0.3 is 6.09 Å². The van der Waals surface area contributed by atoms with Gasteiger partial charge in [0.25, 0.3) is 0 Å². The zero-order chi connectivity index (χ0) is 12.0. The predicted octanol–water partition coefficient (Wildman–Crippen LogP) is 1.28. The average Bonchev–Trinajstić information content (AvgIpc) is 2.27. The minimum absolute atomic E-state index is 0.268. The number of rotatable bonds is 5. The van der Waals surface area contributed by atoms with Crippen LogP contribution in [0.5, 0.6) is 11.5 Å². The van der Waals surface area contributed by atoms with Gasteiger partial charge < -0.3 is 20.0 Å². The average molecular weight is 223 g/mol. The molecular formula is C11H13NO4. The maximum atomic E-state index is 10.6. The van der Waals surface area contributed by atoms with Gasteiger partial charge in [-0.25, -0.2) is 4.79 Å². The number of ether oxygens (including phenoxy) is 2. The first-order chi connectivity index (χ1) is 7.67. The molecule has 16 heavy (non-hydrogen) atoms. The third-order valence-corrected chi connectivity index (χ3v) is 1.99. The first-order valence-electron chi connectivity index (χ1n) is 4.75. The van der Waals surface area contributed by atoms with Crippen molar-refractivity contribution in [3.63, 3.8) is 0 Å². The van der Waals surface area contributed by atoms with Gasteiger partial charge in [0.15, 0.2) is 11.5 Å². The van der Waals surface area contributed by atoms with E-state index in [4.69, 9.17) is 15.2 Å². The van der Waals surface area contributed by atoms with Crippen LogP contribution in [0.4, 0.5) is 4.79 Å². The van der Waals surface area contributed by atoms with Crippen LogP contribution in [0.2, 0.25) is 0 Å². The smallest absolute Gasteiger partial charge is 0.410 e. The summed E-state index contributed by atoms with van der Waals surface area (Å²) in [4.78, 5) is 20.8. The lowest BCUT2D eigenvalue weighted by Crippen LogP contribution is -2.16. The molecule has 0 aliphatic heterocycles. The molecule has 1 rings (SSSR count). The highest BCUT2D eigenvalue weighted by Crippen LogP contribution is 2.28. The molecule has 0 atom stereocenters. The summed E-state index contributed by atoms with van der Waals surface area (Å²) in [6.45, 7) is 0. The van der Waals surface area contributed by atoms with Crippen molar-refractivity contribution in [1.29, 1.82) is 0 Å². The molecule has 5 heteroatoms. The maximum absolute atomic E-state index is 10.6. The zero-order valence-corrected chi connectivity index (χ0v) is 8.93. The molecule has 0 radical (unpaired) electrons. The van der Waals surface area contributed by atoms with E-state index in [0.29, 0.717) is 18.6 Å². The molecule has 0 heterocycles. The Morgan fingerprint density at radius 3 is 2.75 bits per heavy atom. The Hall–Kier alpha value is -2.04. The topological polar surface area (TPSA) is 78.6 Å². The van der Waals surface area contributed by atoms with Gasteiger partial charge in [-0.1, -0.05) is 6.07 Å². The maximum Gasteiger partial charge on any atom is 0.410 e. The number of carbonyl (C=O) groups excluding carboxylic acids is 2. The zero-order valence-electron chi connectivity index (χ0n) is 8.93. The summed E-state index contributed by atoms with van der Waals surface area (Å²) in [7, 11) is 1.46. The molecule has 0 bridgehead atoms. The van der Waals surface area contributed by atoms with Crippen LogP contribution in [0.3, 0.4) is 0 Å². The Bertz CT molecular complexity index is 390. The lowest BCUT2D eigenvalue weighted by molar-refractivity contribution is -0.107. The van der Waals surface area contributed by atoms with Crippen molar-refractivity contribution in [3.8, 4) is 11.5 Å². The SMILES string of the molecule is COc1cc(CCC=O)ccc1OC(N)=O. The molecule has 86 valence electrons. The van der Waals surface area contributed by atoms with E-state index in [-0.39, 0.29) is 5.75 Å². The Balaban J connectivity index is 2.87. The van der Waals surface area contributed by atoms with Crippen LogP contribution in [0.25, 0.3) is 0 Å². The number of hydrogen-bond donors (Lipinski definition) is 1. The van der Waals surface area contributed by atoms with Crippen LogP contribution >= 0.6 is 0 Å². The van der Waals surface area contributed by atoms with E-state index in [1.54, 1.807) is 18.2 Å². The molecule has 2 N–H and O–H groups in total. The van der Waals surface area contributed by atoms with E-state index in [0.717, 1.165) is 11.8 Å². The quantitative estimate of drug-likeness (QED) is 0.763. The van der Waals surface area contributed by atoms with Gasteiger partial charge in [0.1, 0.15) is 6.29 Å². The summed E-state index contributed by atoms with van der Waals surface area (Å²) in [5.74, 6) is 0.687. The molecule has 0 aliphatic rings. The van der Waals surface area contributed by atoms with Crippen molar-refractivity contribution in [1.82, 2.24) is 0 Å². The molecular weight excluding hydrogens is 210 g/mol. The fourth-order valence-electron chi connectivity index (χ4n) is 1.29. The molecule has 0 fully saturated rings. The Morgan fingerprint density at radius 1 is 1.44 bits per heavy atom. The summed E-state index contributed by atoms with van der Waals surface area (Å²) >= 11 is 0. The van der Waals surface area contributed by atoms with E-state index >= 15 is 0 Å². The number of aldehydes is 1. The number of benzene rings is 1. The van der Waals surface area contributed by atoms with Gasteiger partial charge in [0, 0.05) is 6.42 Å². The molecule has 0 saturated carbocycles. The summed E-state index contributed by atoms with van der Waals surface area (Å²) in [5.41, 5.74) is 5.83. The van der Waals surface area contributed by atoms with Gasteiger partial charge in [0.2, 0.25) is 0 Å². The van der Waals surface area contributed by atoms with Gasteiger partial charge in [-0.3, -0.25) is 0 Å². The van der Waals surface area contributed by atoms with Crippen LogP contribution < -0.4 is 15.2 Å². The molecule has 0 aromatic heterocycles. The second kappa shape index (κ2) is 5.75. The van der Waals surface area contributed by atoms with Crippen molar-refractivity contribution < 1.29 is 19.1 Å². The number of aryl methyl sites for hydroxylation is 1. The summed E-state index contributed by atoms with van der Waals surface area (Å²) in [6.07, 6.45) is 1.02. The highest BCUT2D eigenvalue weighted by molar-refractivity contribution is 5.69. The van der Waals surface area contributed by atoms with Crippen molar-refractivity contribution in [2.24, 2.45) is 5.73 Å². The van der Waals surface area contributed by atoms with E-state index < -0.39 is 6.09 Å². The van der Waals surface area contributed by atoms with Crippen molar-refractivity contribution in [2.75, 3.05) is 7.11 Å². The van der Waals surface area contributed by atoms with Crippen LogP contribution in [0, 0.1) is 0 Å². The molecule has 1 amide bonds. The summed E-state index contributed by atoms with van der Waals surface area (Å²) in [5, 5.41) is 0. The Kier molecular flexibility index (Phi) is 4.32. The monoisotopic (exact) mass is 223 g/mol. The van der Waals surface area contributed by atoms with Crippen LogP contribution in [0.15, 0.2) is 18.2 Å². The van der Waals surface area contributed by atoms with Gasteiger partial charge in [-0.15, -0.1) is 0 Å². The second-order valence-electron chi connectivity index (χ2n) is 3.11. The second-order valence-corrected chi connectivity index (χ2v) is 3.11. The summed E-state index contributed by atoms with van der Waals surface area (Å²) < 4.78 is 9.79. The molecule has 5 nitrogen and oxygen atoms in total. The van der Waals surface area contributed by atoms with E-state index in [1.165, 1.54) is 7.11 Å². The summed E-state index contributed by atoms with van der Waals surface area (Å²) in [6, 6.07) is 5.05. The molecule has 0 aliphatic carbocycles. The van der Waals surface area contributed by atoms with Crippen LogP contribution in [0.1, 0.15) is 12.0 Å². The fourth-order valence-corrected chi connectivity index (χ4v) is 1.29. The third kappa shape index (κ3) is 3.27. The standard InChI is InChI=1S/C11H13NO4/c1-15-10-7-8(3-2-6-13)4-5-9(10)16-11(12)14/h4-7H,2-3H2,1H3,(H2,12,14). The van der Waals surface area contributed by atoms with Crippen LogP contribution in [-0.2, 0) is 11.2 Å². The highest BCUT2D eigenvalue weighted by Gasteiger charge is 2.08. The molecule has 1 aromatic rings. The number of carbonyl (C=O) groups is 2. The normalized spacial score (nSPS) is 9.56. The van der Waals surface area contributed by atoms with Crippen molar-refractivity contribution in [3.05, 3.63) is 23.8 Å². The van der Waals surface area contributed by atoms with Crippen molar-refractivity contribution in [2.45, 2.75) is 12.8 Å². The Morgan fingerprint density at radius 2 is 2.19 bits per heavy atom. The van der Waals surface area contributed by atoms with E-state index in [2.05, 4.69) is 0 Å². The third-order valence-electron chi connectivity index (χ3n) is 1.99. The minimum Gasteiger partial charge on any atom is -0.493 e. The minimum atomic E-state index is -0.890. The Labute approximate surface area is 93.1 Å². The highest BCUT2D eigenvalue weighted by atomic mass is 16.6. The van der Waals surface area contributed by atoms with Gasteiger partial charge in [-0.2, -0.15) is 0 Å². The predicted molar refractivity (Wildman–Crippen MR) is 57.6 cm³/mol.